The van der Waals surface area contributed by atoms with Gasteiger partial charge in [0.2, 0.25) is 5.95 Å². The maximum Gasteiger partial charge on any atom is 0.433 e. The van der Waals surface area contributed by atoms with Crippen molar-refractivity contribution >= 4 is 17.7 Å². The van der Waals surface area contributed by atoms with Crippen LogP contribution in [0.5, 0.6) is 0 Å². The first kappa shape index (κ1) is 16.4. The molecule has 2 bridgehead atoms. The molecule has 2 unspecified atom stereocenters. The highest BCUT2D eigenvalue weighted by molar-refractivity contribution is 5.67. The van der Waals surface area contributed by atoms with Gasteiger partial charge >= 0.3 is 12.1 Å². The summed E-state index contributed by atoms with van der Waals surface area (Å²) in [6.07, 6.45) is -2.49. The Bertz CT molecular complexity index is 680. The molecule has 1 saturated carbocycles. The smallest absolute Gasteiger partial charge is 0.433 e. The zero-order valence-corrected chi connectivity index (χ0v) is 13.5. The van der Waals surface area contributed by atoms with Gasteiger partial charge in [-0.15, -0.1) is 0 Å². The number of aliphatic carboxylic acids is 1. The van der Waals surface area contributed by atoms with Crippen LogP contribution >= 0.6 is 0 Å². The molecule has 6 nitrogen and oxygen atoms in total. The van der Waals surface area contributed by atoms with Crippen LogP contribution in [-0.2, 0) is 11.0 Å². The van der Waals surface area contributed by atoms with Crippen LogP contribution in [0.4, 0.5) is 24.9 Å². The molecule has 136 valence electrons. The largest absolute Gasteiger partial charge is 0.481 e. The first-order valence-corrected chi connectivity index (χ1v) is 8.49. The zero-order chi connectivity index (χ0) is 17.8. The first-order chi connectivity index (χ1) is 11.8. The lowest BCUT2D eigenvalue weighted by molar-refractivity contribution is -0.142. The number of carboxylic acids is 1. The van der Waals surface area contributed by atoms with Crippen LogP contribution in [0.15, 0.2) is 6.07 Å². The number of hydrogen-bond donors (Lipinski definition) is 1. The van der Waals surface area contributed by atoms with E-state index in [-0.39, 0.29) is 30.1 Å². The number of alkyl halides is 3. The van der Waals surface area contributed by atoms with Crippen molar-refractivity contribution in [1.29, 1.82) is 0 Å². The Balaban J connectivity index is 1.57. The van der Waals surface area contributed by atoms with Gasteiger partial charge in [-0.3, -0.25) is 4.79 Å². The van der Waals surface area contributed by atoms with E-state index in [1.54, 1.807) is 4.90 Å². The highest BCUT2D eigenvalue weighted by Gasteiger charge is 2.48. The molecule has 0 spiro atoms. The topological polar surface area (TPSA) is 69.6 Å². The van der Waals surface area contributed by atoms with Gasteiger partial charge in [0.05, 0.1) is 0 Å². The van der Waals surface area contributed by atoms with E-state index in [2.05, 4.69) is 9.97 Å². The minimum Gasteiger partial charge on any atom is -0.481 e. The Morgan fingerprint density at radius 1 is 1.20 bits per heavy atom. The molecule has 5 rings (SSSR count). The SMILES string of the molecule is O=C(O)CC1C2CC1CN(c1cc(C(F)(F)F)nc(N3CCC3)n1)C2. The van der Waals surface area contributed by atoms with Crippen LogP contribution in [0.1, 0.15) is 25.0 Å². The van der Waals surface area contributed by atoms with Crippen molar-refractivity contribution in [3.63, 3.8) is 0 Å². The summed E-state index contributed by atoms with van der Waals surface area (Å²) in [7, 11) is 0. The fourth-order valence-corrected chi connectivity index (χ4v) is 4.10. The third-order valence-electron chi connectivity index (χ3n) is 5.59. The second kappa shape index (κ2) is 5.74. The van der Waals surface area contributed by atoms with Crippen molar-refractivity contribution in [1.82, 2.24) is 9.97 Å². The van der Waals surface area contributed by atoms with Crippen LogP contribution in [0.3, 0.4) is 0 Å². The summed E-state index contributed by atoms with van der Waals surface area (Å²) < 4.78 is 39.6. The summed E-state index contributed by atoms with van der Waals surface area (Å²) in [5.41, 5.74) is -0.916. The van der Waals surface area contributed by atoms with Gasteiger partial charge in [-0.2, -0.15) is 18.2 Å². The molecule has 3 aliphatic heterocycles. The minimum absolute atomic E-state index is 0.132. The molecular formula is C16H19F3N4O2. The molecule has 25 heavy (non-hydrogen) atoms. The predicted octanol–water partition coefficient (Wildman–Crippen LogP) is 2.25. The third-order valence-corrected chi connectivity index (χ3v) is 5.59. The molecule has 4 fully saturated rings. The van der Waals surface area contributed by atoms with Gasteiger partial charge in [0, 0.05) is 38.7 Å². The molecule has 1 N–H and O–H groups in total. The normalized spacial score (nSPS) is 28.4. The van der Waals surface area contributed by atoms with E-state index in [1.165, 1.54) is 0 Å². The molecule has 0 radical (unpaired) electrons. The lowest BCUT2D eigenvalue weighted by Gasteiger charge is -2.53. The van der Waals surface area contributed by atoms with Crippen LogP contribution in [0.2, 0.25) is 0 Å². The molecule has 1 aliphatic carbocycles. The van der Waals surface area contributed by atoms with Crippen molar-refractivity contribution in [3.05, 3.63) is 11.8 Å². The lowest BCUT2D eigenvalue weighted by atomic mass is 9.60. The summed E-state index contributed by atoms with van der Waals surface area (Å²) in [6, 6.07) is 1.01. The van der Waals surface area contributed by atoms with Gasteiger partial charge in [-0.1, -0.05) is 0 Å². The van der Waals surface area contributed by atoms with E-state index in [1.807, 2.05) is 4.90 Å². The number of rotatable bonds is 4. The van der Waals surface area contributed by atoms with Gasteiger partial charge in [0.1, 0.15) is 5.82 Å². The highest BCUT2D eigenvalue weighted by atomic mass is 19.4. The lowest BCUT2D eigenvalue weighted by Crippen LogP contribution is -2.56. The number of nitrogens with zero attached hydrogens (tertiary/aromatic N) is 4. The number of hydrogen-bond acceptors (Lipinski definition) is 5. The van der Waals surface area contributed by atoms with Crippen molar-refractivity contribution in [2.24, 2.45) is 17.8 Å². The Morgan fingerprint density at radius 3 is 2.40 bits per heavy atom. The number of aromatic nitrogens is 2. The van der Waals surface area contributed by atoms with Crippen LogP contribution < -0.4 is 9.80 Å². The predicted molar refractivity (Wildman–Crippen MR) is 83.4 cm³/mol. The fourth-order valence-electron chi connectivity index (χ4n) is 4.10. The van der Waals surface area contributed by atoms with Gasteiger partial charge in [-0.05, 0) is 30.6 Å². The van der Waals surface area contributed by atoms with E-state index in [9.17, 15) is 18.0 Å². The zero-order valence-electron chi connectivity index (χ0n) is 13.5. The average molecular weight is 356 g/mol. The maximum atomic E-state index is 13.2. The van der Waals surface area contributed by atoms with Gasteiger partial charge < -0.3 is 14.9 Å². The van der Waals surface area contributed by atoms with Crippen molar-refractivity contribution < 1.29 is 23.1 Å². The highest BCUT2D eigenvalue weighted by Crippen LogP contribution is 2.48. The summed E-state index contributed by atoms with van der Waals surface area (Å²) in [6.45, 7) is 2.46. The Labute approximate surface area is 142 Å². The Morgan fingerprint density at radius 2 is 1.88 bits per heavy atom. The molecule has 0 amide bonds. The minimum atomic E-state index is -4.51. The fraction of sp³-hybridized carbons (Fsp3) is 0.688. The maximum absolute atomic E-state index is 13.2. The molecule has 4 aliphatic rings. The summed E-state index contributed by atoms with van der Waals surface area (Å²) in [5, 5.41) is 8.98. The van der Waals surface area contributed by atoms with E-state index in [0.717, 1.165) is 18.9 Å². The Hall–Kier alpha value is -2.06. The number of halogens is 3. The standard InChI is InChI=1S/C16H19F3N4O2/c17-16(18,19)12-6-13(21-15(20-12)22-2-1-3-22)23-7-9-4-10(8-23)11(9)5-14(24)25/h6,9-11H,1-5,7-8H2,(H,24,25). The first-order valence-electron chi connectivity index (χ1n) is 8.49. The van der Waals surface area contributed by atoms with Crippen molar-refractivity contribution in [2.45, 2.75) is 25.4 Å². The molecule has 0 aromatic carbocycles. The molecule has 4 heterocycles. The van der Waals surface area contributed by atoms with Crippen LogP contribution in [0, 0.1) is 17.8 Å². The van der Waals surface area contributed by atoms with Gasteiger partial charge in [0.25, 0.3) is 0 Å². The van der Waals surface area contributed by atoms with Crippen LogP contribution in [0.25, 0.3) is 0 Å². The van der Waals surface area contributed by atoms with E-state index >= 15 is 0 Å². The van der Waals surface area contributed by atoms with E-state index < -0.39 is 17.8 Å². The number of anilines is 2. The van der Waals surface area contributed by atoms with Crippen molar-refractivity contribution in [3.8, 4) is 0 Å². The number of carboxylic acid groups (broad SMARTS) is 1. The third kappa shape index (κ3) is 3.00. The summed E-state index contributed by atoms with van der Waals surface area (Å²) in [4.78, 5) is 22.6. The monoisotopic (exact) mass is 356 g/mol. The van der Waals surface area contributed by atoms with Gasteiger partial charge in [0.15, 0.2) is 5.69 Å². The summed E-state index contributed by atoms with van der Waals surface area (Å²) in [5.74, 6) is 0.186. The second-order valence-corrected chi connectivity index (χ2v) is 7.17. The average Bonchev–Trinajstić information content (AvgIpc) is 2.50. The molecule has 1 aromatic rings. The van der Waals surface area contributed by atoms with E-state index in [4.69, 9.17) is 5.11 Å². The Kier molecular flexibility index (Phi) is 3.77. The number of carbonyl (C=O) groups is 1. The number of piperidine rings is 2. The quantitative estimate of drug-likeness (QED) is 0.892. The van der Waals surface area contributed by atoms with Gasteiger partial charge in [-0.25, -0.2) is 4.98 Å². The molecule has 9 heteroatoms. The molecule has 3 saturated heterocycles. The molecular weight excluding hydrogens is 337 g/mol. The summed E-state index contributed by atoms with van der Waals surface area (Å²) >= 11 is 0. The molecule has 1 aromatic heterocycles. The van der Waals surface area contributed by atoms with E-state index in [0.29, 0.717) is 32.0 Å². The van der Waals surface area contributed by atoms with Crippen molar-refractivity contribution in [2.75, 3.05) is 36.0 Å². The van der Waals surface area contributed by atoms with Crippen LogP contribution in [-0.4, -0.2) is 47.2 Å². The second-order valence-electron chi connectivity index (χ2n) is 7.17. The molecule has 2 atom stereocenters. The number of fused-ring (bicyclic) bond motifs is 2.